The van der Waals surface area contributed by atoms with Crippen LogP contribution >= 0.6 is 11.3 Å². The van der Waals surface area contributed by atoms with Crippen LogP contribution in [-0.4, -0.2) is 31.0 Å². The van der Waals surface area contributed by atoms with Crippen molar-refractivity contribution in [2.24, 2.45) is 0 Å². The van der Waals surface area contributed by atoms with Crippen molar-refractivity contribution < 1.29 is 9.53 Å². The Hall–Kier alpha value is -2.11. The number of rotatable bonds is 8. The molecule has 0 unspecified atom stereocenters. The van der Waals surface area contributed by atoms with E-state index in [1.165, 1.54) is 4.88 Å². The molecule has 0 bridgehead atoms. The Bertz CT molecular complexity index is 611. The highest BCUT2D eigenvalue weighted by atomic mass is 32.1. The number of ether oxygens (including phenoxy) is 1. The van der Waals surface area contributed by atoms with E-state index in [1.807, 2.05) is 40.6 Å². The first-order valence-corrected chi connectivity index (χ1v) is 7.88. The fraction of sp³-hybridized carbons (Fsp3) is 0.235. The predicted octanol–water partition coefficient (Wildman–Crippen LogP) is 3.38. The van der Waals surface area contributed by atoms with Crippen molar-refractivity contribution in [3.05, 3.63) is 59.3 Å². The third-order valence-corrected chi connectivity index (χ3v) is 3.93. The number of nitrogens with zero attached hydrogens (tertiary/aromatic N) is 1. The lowest BCUT2D eigenvalue weighted by atomic mass is 10.3. The minimum absolute atomic E-state index is 0.0494. The maximum atomic E-state index is 12.2. The van der Waals surface area contributed by atoms with E-state index in [9.17, 15) is 4.79 Å². The van der Waals surface area contributed by atoms with Gasteiger partial charge in [-0.2, -0.15) is 0 Å². The van der Waals surface area contributed by atoms with Crippen LogP contribution in [0.4, 0.5) is 5.69 Å². The molecule has 0 saturated carbocycles. The van der Waals surface area contributed by atoms with Crippen LogP contribution in [0.15, 0.2) is 54.4 Å². The van der Waals surface area contributed by atoms with Crippen molar-refractivity contribution in [1.29, 1.82) is 0 Å². The average Bonchev–Trinajstić information content (AvgIpc) is 3.00. The fourth-order valence-corrected chi connectivity index (χ4v) is 2.84. The lowest BCUT2D eigenvalue weighted by molar-refractivity contribution is -0.117. The van der Waals surface area contributed by atoms with Crippen LogP contribution in [0.25, 0.3) is 0 Å². The number of carbonyl (C=O) groups excluding carboxylic acids is 1. The molecule has 0 atom stereocenters. The molecule has 1 aromatic heterocycles. The van der Waals surface area contributed by atoms with Crippen LogP contribution in [0.5, 0.6) is 5.75 Å². The molecule has 22 heavy (non-hydrogen) atoms. The number of carbonyl (C=O) groups is 1. The Morgan fingerprint density at radius 2 is 2.27 bits per heavy atom. The SMILES string of the molecule is C=CCN(CC(=O)Nc1cccc(OC)c1)Cc1cccs1. The molecule has 0 aliphatic heterocycles. The van der Waals surface area contributed by atoms with Crippen LogP contribution in [-0.2, 0) is 11.3 Å². The van der Waals surface area contributed by atoms with E-state index in [0.29, 0.717) is 13.1 Å². The first kappa shape index (κ1) is 16.3. The van der Waals surface area contributed by atoms with Crippen molar-refractivity contribution in [2.45, 2.75) is 6.54 Å². The number of anilines is 1. The maximum Gasteiger partial charge on any atom is 0.238 e. The molecule has 2 aromatic rings. The molecule has 5 heteroatoms. The predicted molar refractivity (Wildman–Crippen MR) is 91.4 cm³/mol. The van der Waals surface area contributed by atoms with Gasteiger partial charge in [0.05, 0.1) is 13.7 Å². The van der Waals surface area contributed by atoms with E-state index in [4.69, 9.17) is 4.74 Å². The zero-order chi connectivity index (χ0) is 15.8. The van der Waals surface area contributed by atoms with Gasteiger partial charge in [-0.25, -0.2) is 0 Å². The summed E-state index contributed by atoms with van der Waals surface area (Å²) in [6, 6.07) is 11.4. The lowest BCUT2D eigenvalue weighted by Crippen LogP contribution is -2.32. The van der Waals surface area contributed by atoms with Gasteiger partial charge in [-0.1, -0.05) is 18.2 Å². The van der Waals surface area contributed by atoms with E-state index in [-0.39, 0.29) is 5.91 Å². The minimum atomic E-state index is -0.0494. The monoisotopic (exact) mass is 316 g/mol. The summed E-state index contributed by atoms with van der Waals surface area (Å²) in [7, 11) is 1.60. The molecule has 0 radical (unpaired) electrons. The van der Waals surface area contributed by atoms with Crippen LogP contribution in [0, 0.1) is 0 Å². The molecule has 0 fully saturated rings. The summed E-state index contributed by atoms with van der Waals surface area (Å²) >= 11 is 1.69. The molecule has 1 aromatic carbocycles. The topological polar surface area (TPSA) is 41.6 Å². The summed E-state index contributed by atoms with van der Waals surface area (Å²) in [5.41, 5.74) is 0.735. The third kappa shape index (κ3) is 5.02. The van der Waals surface area contributed by atoms with Gasteiger partial charge in [0.25, 0.3) is 0 Å². The Kier molecular flexibility index (Phi) is 6.18. The molecular weight excluding hydrogens is 296 g/mol. The zero-order valence-corrected chi connectivity index (χ0v) is 13.4. The second-order valence-corrected chi connectivity index (χ2v) is 5.85. The molecule has 1 heterocycles. The Morgan fingerprint density at radius 3 is 2.95 bits per heavy atom. The van der Waals surface area contributed by atoms with Gasteiger partial charge in [0.2, 0.25) is 5.91 Å². The summed E-state index contributed by atoms with van der Waals surface area (Å²) in [4.78, 5) is 15.5. The van der Waals surface area contributed by atoms with Crippen LogP contribution in [0.3, 0.4) is 0 Å². The second-order valence-electron chi connectivity index (χ2n) is 4.82. The van der Waals surface area contributed by atoms with Crippen molar-refractivity contribution in [3.63, 3.8) is 0 Å². The normalized spacial score (nSPS) is 10.5. The Morgan fingerprint density at radius 1 is 1.41 bits per heavy atom. The molecule has 0 aliphatic rings. The Labute approximate surface area is 135 Å². The highest BCUT2D eigenvalue weighted by Gasteiger charge is 2.11. The number of nitrogens with one attached hydrogen (secondary N) is 1. The third-order valence-electron chi connectivity index (χ3n) is 3.07. The van der Waals surface area contributed by atoms with Crippen molar-refractivity contribution in [3.8, 4) is 5.75 Å². The standard InChI is InChI=1S/C17H20N2O2S/c1-3-9-19(12-16-8-5-10-22-16)13-17(20)18-14-6-4-7-15(11-14)21-2/h3-8,10-11H,1,9,12-13H2,2H3,(H,18,20). The summed E-state index contributed by atoms with van der Waals surface area (Å²) in [6.07, 6.45) is 1.81. The average molecular weight is 316 g/mol. The molecule has 0 aliphatic carbocycles. The van der Waals surface area contributed by atoms with Crippen LogP contribution in [0.2, 0.25) is 0 Å². The highest BCUT2D eigenvalue weighted by Crippen LogP contribution is 2.17. The second kappa shape index (κ2) is 8.36. The first-order valence-electron chi connectivity index (χ1n) is 7.01. The van der Waals surface area contributed by atoms with Crippen LogP contribution < -0.4 is 10.1 Å². The summed E-state index contributed by atoms with van der Waals surface area (Å²) in [5, 5.41) is 4.93. The number of benzene rings is 1. The van der Waals surface area contributed by atoms with Gasteiger partial charge >= 0.3 is 0 Å². The van der Waals surface area contributed by atoms with Gasteiger partial charge in [-0.3, -0.25) is 9.69 Å². The molecular formula is C17H20N2O2S. The van der Waals surface area contributed by atoms with Crippen LogP contribution in [0.1, 0.15) is 4.88 Å². The minimum Gasteiger partial charge on any atom is -0.497 e. The zero-order valence-electron chi connectivity index (χ0n) is 12.6. The summed E-state index contributed by atoms with van der Waals surface area (Å²) in [5.74, 6) is 0.672. The van der Waals surface area contributed by atoms with Gasteiger partial charge in [-0.05, 0) is 23.6 Å². The number of thiophene rings is 1. The number of hydrogen-bond donors (Lipinski definition) is 1. The molecule has 4 nitrogen and oxygen atoms in total. The Balaban J connectivity index is 1.93. The van der Waals surface area contributed by atoms with Crippen molar-refractivity contribution in [2.75, 3.05) is 25.5 Å². The van der Waals surface area contributed by atoms with E-state index < -0.39 is 0 Å². The van der Waals surface area contributed by atoms with Crippen molar-refractivity contribution >= 4 is 22.9 Å². The largest absolute Gasteiger partial charge is 0.497 e. The lowest BCUT2D eigenvalue weighted by Gasteiger charge is -2.19. The molecule has 0 spiro atoms. The quantitative estimate of drug-likeness (QED) is 0.759. The fourth-order valence-electron chi connectivity index (χ4n) is 2.09. The van der Waals surface area contributed by atoms with Gasteiger partial charge in [0.1, 0.15) is 5.75 Å². The van der Waals surface area contributed by atoms with E-state index in [2.05, 4.69) is 18.0 Å². The van der Waals surface area contributed by atoms with Gasteiger partial charge in [0, 0.05) is 29.7 Å². The van der Waals surface area contributed by atoms with Gasteiger partial charge in [0.15, 0.2) is 0 Å². The number of amides is 1. The number of methoxy groups -OCH3 is 1. The summed E-state index contributed by atoms with van der Waals surface area (Å²) in [6.45, 7) is 5.49. The first-order chi connectivity index (χ1) is 10.7. The van der Waals surface area contributed by atoms with Gasteiger partial charge in [-0.15, -0.1) is 17.9 Å². The molecule has 1 N–H and O–H groups in total. The number of hydrogen-bond acceptors (Lipinski definition) is 4. The molecule has 2 rings (SSSR count). The molecule has 1 amide bonds. The maximum absolute atomic E-state index is 12.2. The smallest absolute Gasteiger partial charge is 0.238 e. The summed E-state index contributed by atoms with van der Waals surface area (Å²) < 4.78 is 5.15. The molecule has 116 valence electrons. The highest BCUT2D eigenvalue weighted by molar-refractivity contribution is 7.09. The van der Waals surface area contributed by atoms with E-state index >= 15 is 0 Å². The van der Waals surface area contributed by atoms with E-state index in [1.54, 1.807) is 24.5 Å². The van der Waals surface area contributed by atoms with Gasteiger partial charge < -0.3 is 10.1 Å². The van der Waals surface area contributed by atoms with E-state index in [0.717, 1.165) is 18.0 Å². The van der Waals surface area contributed by atoms with Crippen molar-refractivity contribution in [1.82, 2.24) is 4.90 Å². The molecule has 0 saturated heterocycles.